The molecule has 0 aliphatic heterocycles. The van der Waals surface area contributed by atoms with E-state index in [1.807, 2.05) is 31.5 Å². The molecule has 3 heteroatoms. The topological polar surface area (TPSA) is 24.7 Å². The standard InChI is InChI=1S/C25H31FN2/c1-7-8-17(2)11-19(4)25(16-27-6)24-14-22(10-9-18(24)3)20(5)28-15-21-12-23(26)13-21/h7-11,14-16,21,23H,5,12-13H2,1-4,6H3/b8-7-,17-11-,25-19-,27-16?,28-15?. The van der Waals surface area contributed by atoms with Crippen LogP contribution >= 0.6 is 0 Å². The summed E-state index contributed by atoms with van der Waals surface area (Å²) in [6.07, 6.45) is 10.5. The number of hydrogen-bond donors (Lipinski definition) is 0. The quantitative estimate of drug-likeness (QED) is 0.369. The predicted molar refractivity (Wildman–Crippen MR) is 122 cm³/mol. The summed E-state index contributed by atoms with van der Waals surface area (Å²) >= 11 is 0. The Kier molecular flexibility index (Phi) is 7.86. The average Bonchev–Trinajstić information content (AvgIpc) is 2.62. The Morgan fingerprint density at radius 2 is 1.96 bits per heavy atom. The van der Waals surface area contributed by atoms with Crippen LogP contribution < -0.4 is 0 Å². The molecule has 1 aliphatic carbocycles. The highest BCUT2D eigenvalue weighted by molar-refractivity contribution is 6.12. The van der Waals surface area contributed by atoms with Crippen LogP contribution in [0.4, 0.5) is 4.39 Å². The zero-order valence-corrected chi connectivity index (χ0v) is 17.7. The van der Waals surface area contributed by atoms with Gasteiger partial charge in [0, 0.05) is 30.6 Å². The number of nitrogens with zero attached hydrogens (tertiary/aromatic N) is 2. The first-order valence-electron chi connectivity index (χ1n) is 9.78. The predicted octanol–water partition coefficient (Wildman–Crippen LogP) is 6.78. The average molecular weight is 379 g/mol. The third kappa shape index (κ3) is 5.72. The first-order chi connectivity index (χ1) is 13.3. The normalized spacial score (nSPS) is 21.4. The Balaban J connectivity index is 2.38. The molecular weight excluding hydrogens is 347 g/mol. The number of halogens is 1. The fourth-order valence-corrected chi connectivity index (χ4v) is 3.31. The minimum Gasteiger partial charge on any atom is -0.296 e. The van der Waals surface area contributed by atoms with Crippen molar-refractivity contribution < 1.29 is 4.39 Å². The SMILES string of the molecule is C=C(N=CC1CC(F)C1)c1ccc(C)c(\C(C=NC)=C(C)/C=C(C)\C=C/C)c1. The van der Waals surface area contributed by atoms with E-state index in [4.69, 9.17) is 0 Å². The first kappa shape index (κ1) is 21.7. The number of aryl methyl sites for hydroxylation is 1. The fourth-order valence-electron chi connectivity index (χ4n) is 3.31. The molecule has 0 radical (unpaired) electrons. The maximum absolute atomic E-state index is 13.0. The van der Waals surface area contributed by atoms with Crippen molar-refractivity contribution in [3.05, 3.63) is 70.8 Å². The zero-order chi connectivity index (χ0) is 20.7. The van der Waals surface area contributed by atoms with Gasteiger partial charge in [-0.3, -0.25) is 9.98 Å². The molecule has 0 N–H and O–H groups in total. The third-order valence-corrected chi connectivity index (χ3v) is 4.98. The molecule has 1 aromatic carbocycles. The molecule has 0 atom stereocenters. The number of alkyl halides is 1. The first-order valence-corrected chi connectivity index (χ1v) is 9.78. The minimum atomic E-state index is -0.668. The Bertz CT molecular complexity index is 863. The maximum Gasteiger partial charge on any atom is 0.101 e. The number of benzene rings is 1. The van der Waals surface area contributed by atoms with Crippen LogP contribution in [0.3, 0.4) is 0 Å². The van der Waals surface area contributed by atoms with Crippen LogP contribution in [0.15, 0.2) is 64.1 Å². The highest BCUT2D eigenvalue weighted by atomic mass is 19.1. The largest absolute Gasteiger partial charge is 0.296 e. The van der Waals surface area contributed by atoms with E-state index >= 15 is 0 Å². The smallest absolute Gasteiger partial charge is 0.101 e. The summed E-state index contributed by atoms with van der Waals surface area (Å²) in [7, 11) is 1.79. The summed E-state index contributed by atoms with van der Waals surface area (Å²) in [5.74, 6) is 0.237. The van der Waals surface area contributed by atoms with Crippen LogP contribution in [0.1, 0.15) is 50.3 Å². The summed E-state index contributed by atoms with van der Waals surface area (Å²) < 4.78 is 13.0. The molecule has 0 aromatic heterocycles. The number of hydrogen-bond acceptors (Lipinski definition) is 2. The second-order valence-corrected chi connectivity index (χ2v) is 7.46. The van der Waals surface area contributed by atoms with Crippen molar-refractivity contribution >= 4 is 23.7 Å². The number of allylic oxidation sites excluding steroid dienone is 6. The minimum absolute atomic E-state index is 0.237. The summed E-state index contributed by atoms with van der Waals surface area (Å²) in [5, 5.41) is 0. The Morgan fingerprint density at radius 1 is 1.25 bits per heavy atom. The van der Waals surface area contributed by atoms with Gasteiger partial charge in [-0.25, -0.2) is 4.39 Å². The molecule has 0 saturated heterocycles. The second-order valence-electron chi connectivity index (χ2n) is 7.46. The van der Waals surface area contributed by atoms with Crippen LogP contribution in [0, 0.1) is 12.8 Å². The van der Waals surface area contributed by atoms with Crippen LogP contribution in [0.2, 0.25) is 0 Å². The highest BCUT2D eigenvalue weighted by Gasteiger charge is 2.27. The molecule has 0 heterocycles. The van der Waals surface area contributed by atoms with E-state index in [1.165, 1.54) is 11.1 Å². The molecule has 1 aromatic rings. The van der Waals surface area contributed by atoms with Gasteiger partial charge in [0.2, 0.25) is 0 Å². The van der Waals surface area contributed by atoms with Gasteiger partial charge in [-0.05, 0) is 69.2 Å². The molecule has 2 rings (SSSR count). The van der Waals surface area contributed by atoms with Crippen molar-refractivity contribution in [2.75, 3.05) is 7.05 Å². The van der Waals surface area contributed by atoms with E-state index in [2.05, 4.69) is 61.6 Å². The number of aliphatic imine (C=N–C) groups is 2. The van der Waals surface area contributed by atoms with Gasteiger partial charge in [-0.15, -0.1) is 0 Å². The van der Waals surface area contributed by atoms with Crippen molar-refractivity contribution in [2.24, 2.45) is 15.9 Å². The van der Waals surface area contributed by atoms with Gasteiger partial charge in [0.25, 0.3) is 0 Å². The lowest BCUT2D eigenvalue weighted by Crippen LogP contribution is -2.25. The van der Waals surface area contributed by atoms with Gasteiger partial charge in [0.15, 0.2) is 0 Å². The van der Waals surface area contributed by atoms with Crippen molar-refractivity contribution in [1.29, 1.82) is 0 Å². The monoisotopic (exact) mass is 378 g/mol. The molecule has 0 bridgehead atoms. The Morgan fingerprint density at radius 3 is 2.57 bits per heavy atom. The molecule has 148 valence electrons. The molecular formula is C25H31FN2. The fraction of sp³-hybridized carbons (Fsp3) is 0.360. The van der Waals surface area contributed by atoms with Crippen molar-refractivity contribution in [2.45, 2.75) is 46.7 Å². The van der Waals surface area contributed by atoms with Crippen LogP contribution in [-0.4, -0.2) is 25.6 Å². The molecule has 0 amide bonds. The summed E-state index contributed by atoms with van der Waals surface area (Å²) in [6.45, 7) is 12.4. The van der Waals surface area contributed by atoms with E-state index in [9.17, 15) is 4.39 Å². The van der Waals surface area contributed by atoms with Crippen LogP contribution in [0.5, 0.6) is 0 Å². The molecule has 28 heavy (non-hydrogen) atoms. The second kappa shape index (κ2) is 10.1. The van der Waals surface area contributed by atoms with E-state index in [-0.39, 0.29) is 5.92 Å². The highest BCUT2D eigenvalue weighted by Crippen LogP contribution is 2.30. The maximum atomic E-state index is 13.0. The summed E-state index contributed by atoms with van der Waals surface area (Å²) in [5.41, 5.74) is 7.39. The number of rotatable bonds is 7. The van der Waals surface area contributed by atoms with Gasteiger partial charge < -0.3 is 0 Å². The van der Waals surface area contributed by atoms with Gasteiger partial charge in [0.05, 0.1) is 5.70 Å². The zero-order valence-electron chi connectivity index (χ0n) is 17.7. The van der Waals surface area contributed by atoms with Crippen molar-refractivity contribution in [3.8, 4) is 0 Å². The molecule has 2 nitrogen and oxygen atoms in total. The lowest BCUT2D eigenvalue weighted by Gasteiger charge is -2.25. The molecule has 0 unspecified atom stereocenters. The lowest BCUT2D eigenvalue weighted by atomic mass is 9.84. The molecule has 1 aliphatic rings. The molecule has 0 spiro atoms. The summed E-state index contributed by atoms with van der Waals surface area (Å²) in [4.78, 5) is 8.76. The molecule has 1 fully saturated rings. The summed E-state index contributed by atoms with van der Waals surface area (Å²) in [6, 6.07) is 6.24. The van der Waals surface area contributed by atoms with Crippen molar-refractivity contribution in [1.82, 2.24) is 0 Å². The van der Waals surface area contributed by atoms with Gasteiger partial charge in [-0.1, -0.05) is 42.5 Å². The van der Waals surface area contributed by atoms with Crippen molar-refractivity contribution in [3.63, 3.8) is 0 Å². The third-order valence-electron chi connectivity index (χ3n) is 4.98. The van der Waals surface area contributed by atoms with Gasteiger partial charge >= 0.3 is 0 Å². The van der Waals surface area contributed by atoms with Gasteiger partial charge in [-0.2, -0.15) is 0 Å². The van der Waals surface area contributed by atoms with E-state index in [0.717, 1.165) is 22.3 Å². The Labute approximate surface area is 169 Å². The van der Waals surface area contributed by atoms with Gasteiger partial charge in [0.1, 0.15) is 6.17 Å². The van der Waals surface area contributed by atoms with E-state index in [0.29, 0.717) is 18.5 Å². The lowest BCUT2D eigenvalue weighted by molar-refractivity contribution is 0.176. The van der Waals surface area contributed by atoms with Crippen LogP contribution in [-0.2, 0) is 0 Å². The Hall–Kier alpha value is -2.55. The van der Waals surface area contributed by atoms with E-state index in [1.54, 1.807) is 7.05 Å². The van der Waals surface area contributed by atoms with E-state index < -0.39 is 6.17 Å². The molecule has 1 saturated carbocycles. The van der Waals surface area contributed by atoms with Crippen LogP contribution in [0.25, 0.3) is 11.3 Å².